The van der Waals surface area contributed by atoms with E-state index in [1.807, 2.05) is 12.1 Å². The fraction of sp³-hybridized carbons (Fsp3) is 0.118. The number of anilines is 3. The largest absolute Gasteiger partial charge is 0.416 e. The Kier molecular flexibility index (Phi) is 5.22. The lowest BCUT2D eigenvalue weighted by Gasteiger charge is -2.10. The van der Waals surface area contributed by atoms with Gasteiger partial charge >= 0.3 is 6.18 Å². The van der Waals surface area contributed by atoms with Crippen molar-refractivity contribution in [3.05, 3.63) is 70.9 Å². The molecule has 9 heteroatoms. The van der Waals surface area contributed by atoms with E-state index in [-0.39, 0.29) is 17.5 Å². The Morgan fingerprint density at radius 3 is 2.54 bits per heavy atom. The van der Waals surface area contributed by atoms with Crippen LogP contribution in [0.15, 0.2) is 54.7 Å². The highest BCUT2D eigenvalue weighted by atomic mass is 35.5. The average Bonchev–Trinajstić information content (AvgIpc) is 2.61. The molecule has 0 spiro atoms. The van der Waals surface area contributed by atoms with Gasteiger partial charge in [0.25, 0.3) is 0 Å². The van der Waals surface area contributed by atoms with Gasteiger partial charge in [-0.3, -0.25) is 0 Å². The minimum atomic E-state index is -4.41. The van der Waals surface area contributed by atoms with Crippen molar-refractivity contribution in [2.75, 3.05) is 10.6 Å². The zero-order chi connectivity index (χ0) is 18.6. The highest BCUT2D eigenvalue weighted by molar-refractivity contribution is 6.30. The molecular formula is C17H13ClF3N5. The molecule has 0 bridgehead atoms. The molecule has 0 unspecified atom stereocenters. The Morgan fingerprint density at radius 1 is 1.04 bits per heavy atom. The molecule has 0 saturated carbocycles. The maximum Gasteiger partial charge on any atom is 0.416 e. The Balaban J connectivity index is 1.68. The normalized spacial score (nSPS) is 11.2. The maximum atomic E-state index is 12.8. The van der Waals surface area contributed by atoms with Gasteiger partial charge in [-0.1, -0.05) is 29.8 Å². The van der Waals surface area contributed by atoms with Crippen LogP contribution in [0.2, 0.25) is 5.02 Å². The van der Waals surface area contributed by atoms with Gasteiger partial charge in [-0.05, 0) is 35.9 Å². The van der Waals surface area contributed by atoms with Crippen molar-refractivity contribution in [1.29, 1.82) is 0 Å². The molecule has 2 aromatic carbocycles. The summed E-state index contributed by atoms with van der Waals surface area (Å²) < 4.78 is 38.3. The van der Waals surface area contributed by atoms with E-state index in [4.69, 9.17) is 11.6 Å². The van der Waals surface area contributed by atoms with Crippen molar-refractivity contribution in [2.24, 2.45) is 0 Å². The van der Waals surface area contributed by atoms with Crippen molar-refractivity contribution in [3.63, 3.8) is 0 Å². The number of hydrogen-bond acceptors (Lipinski definition) is 5. The van der Waals surface area contributed by atoms with Crippen LogP contribution < -0.4 is 10.6 Å². The van der Waals surface area contributed by atoms with Crippen LogP contribution in [-0.2, 0) is 12.7 Å². The minimum absolute atomic E-state index is 0.247. The summed E-state index contributed by atoms with van der Waals surface area (Å²) in [6.45, 7) is 0.450. The average molecular weight is 380 g/mol. The second-order valence-electron chi connectivity index (χ2n) is 5.35. The molecule has 5 nitrogen and oxygen atoms in total. The number of alkyl halides is 3. The van der Waals surface area contributed by atoms with Crippen LogP contribution in [0.3, 0.4) is 0 Å². The van der Waals surface area contributed by atoms with E-state index in [9.17, 15) is 13.2 Å². The third-order valence-corrected chi connectivity index (χ3v) is 3.64. The number of benzene rings is 2. The topological polar surface area (TPSA) is 62.7 Å². The number of nitrogens with zero attached hydrogens (tertiary/aromatic N) is 3. The molecule has 0 aliphatic carbocycles. The number of rotatable bonds is 5. The van der Waals surface area contributed by atoms with Gasteiger partial charge in [0.15, 0.2) is 5.82 Å². The van der Waals surface area contributed by atoms with Crippen molar-refractivity contribution < 1.29 is 13.2 Å². The number of hydrogen-bond donors (Lipinski definition) is 2. The third-order valence-electron chi connectivity index (χ3n) is 3.39. The highest BCUT2D eigenvalue weighted by Gasteiger charge is 2.30. The molecule has 26 heavy (non-hydrogen) atoms. The van der Waals surface area contributed by atoms with Gasteiger partial charge in [0.2, 0.25) is 5.95 Å². The van der Waals surface area contributed by atoms with Crippen LogP contribution >= 0.6 is 11.6 Å². The fourth-order valence-corrected chi connectivity index (χ4v) is 2.27. The first-order valence-electron chi connectivity index (χ1n) is 7.52. The summed E-state index contributed by atoms with van der Waals surface area (Å²) in [5.74, 6) is 0.523. The zero-order valence-electron chi connectivity index (χ0n) is 13.3. The molecule has 0 radical (unpaired) electrons. The van der Waals surface area contributed by atoms with Gasteiger partial charge in [-0.15, -0.1) is 5.10 Å². The number of aromatic nitrogens is 3. The molecule has 0 amide bonds. The fourth-order valence-electron chi connectivity index (χ4n) is 2.14. The van der Waals surface area contributed by atoms with E-state index in [0.29, 0.717) is 11.6 Å². The Labute approximate surface area is 152 Å². The van der Waals surface area contributed by atoms with Gasteiger partial charge in [-0.2, -0.15) is 23.3 Å². The summed E-state index contributed by atoms with van der Waals surface area (Å²) in [4.78, 5) is 4.19. The Hall–Kier alpha value is -2.87. The van der Waals surface area contributed by atoms with Crippen LogP contribution in [0.4, 0.5) is 30.6 Å². The quantitative estimate of drug-likeness (QED) is 0.660. The molecule has 134 valence electrons. The van der Waals surface area contributed by atoms with Crippen molar-refractivity contribution in [1.82, 2.24) is 15.2 Å². The maximum absolute atomic E-state index is 12.8. The van der Waals surface area contributed by atoms with Gasteiger partial charge in [0.1, 0.15) is 0 Å². The summed E-state index contributed by atoms with van der Waals surface area (Å²) in [5.41, 5.74) is 0.476. The molecule has 1 heterocycles. The first-order valence-corrected chi connectivity index (χ1v) is 7.90. The van der Waals surface area contributed by atoms with Crippen molar-refractivity contribution in [3.8, 4) is 0 Å². The summed E-state index contributed by atoms with van der Waals surface area (Å²) in [7, 11) is 0. The molecular weight excluding hydrogens is 367 g/mol. The first kappa shape index (κ1) is 17.9. The number of nitrogens with one attached hydrogen (secondary N) is 2. The zero-order valence-corrected chi connectivity index (χ0v) is 14.0. The van der Waals surface area contributed by atoms with Crippen LogP contribution in [0.1, 0.15) is 11.1 Å². The van der Waals surface area contributed by atoms with Gasteiger partial charge in [0, 0.05) is 17.3 Å². The molecule has 0 aliphatic heterocycles. The smallest absolute Gasteiger partial charge is 0.349 e. The number of halogens is 4. The second-order valence-corrected chi connectivity index (χ2v) is 5.79. The highest BCUT2D eigenvalue weighted by Crippen LogP contribution is 2.31. The van der Waals surface area contributed by atoms with Crippen molar-refractivity contribution in [2.45, 2.75) is 12.7 Å². The van der Waals surface area contributed by atoms with Gasteiger partial charge in [0.05, 0.1) is 11.8 Å². The van der Waals surface area contributed by atoms with Crippen LogP contribution in [0.25, 0.3) is 0 Å². The molecule has 1 aromatic heterocycles. The molecule has 0 atom stereocenters. The molecule has 3 aromatic rings. The lowest BCUT2D eigenvalue weighted by atomic mass is 10.2. The van der Waals surface area contributed by atoms with Crippen LogP contribution in [0.5, 0.6) is 0 Å². The van der Waals surface area contributed by atoms with Crippen molar-refractivity contribution >= 4 is 29.1 Å². The van der Waals surface area contributed by atoms with E-state index in [1.165, 1.54) is 18.3 Å². The second kappa shape index (κ2) is 7.57. The van der Waals surface area contributed by atoms with Gasteiger partial charge < -0.3 is 10.6 Å². The van der Waals surface area contributed by atoms with E-state index in [2.05, 4.69) is 25.8 Å². The standard InChI is InChI=1S/C17H13ClF3N5/c18-13-6-4-11(5-7-13)9-22-16-25-15(10-23-26-16)24-14-3-1-2-12(8-14)17(19,20)21/h1-8,10H,9H2,(H2,22,24,25,26). The summed E-state index contributed by atoms with van der Waals surface area (Å²) in [5, 5.41) is 14.1. The van der Waals surface area contributed by atoms with E-state index in [1.54, 1.807) is 12.1 Å². The molecule has 0 aliphatic rings. The van der Waals surface area contributed by atoms with Crippen LogP contribution in [0, 0.1) is 0 Å². The SMILES string of the molecule is FC(F)(F)c1cccc(Nc2cnnc(NCc3ccc(Cl)cc3)n2)c1. The van der Waals surface area contributed by atoms with Gasteiger partial charge in [-0.25, -0.2) is 0 Å². The first-order chi connectivity index (χ1) is 12.4. The predicted molar refractivity (Wildman–Crippen MR) is 93.3 cm³/mol. The van der Waals surface area contributed by atoms with E-state index in [0.717, 1.165) is 17.7 Å². The third kappa shape index (κ3) is 4.82. The Morgan fingerprint density at radius 2 is 1.81 bits per heavy atom. The molecule has 0 saturated heterocycles. The molecule has 0 fully saturated rings. The lowest BCUT2D eigenvalue weighted by Crippen LogP contribution is -2.07. The van der Waals surface area contributed by atoms with Crippen LogP contribution in [-0.4, -0.2) is 15.2 Å². The predicted octanol–water partition coefficient (Wildman–Crippen LogP) is 4.90. The molecule has 3 rings (SSSR count). The molecule has 2 N–H and O–H groups in total. The van der Waals surface area contributed by atoms with E-state index >= 15 is 0 Å². The minimum Gasteiger partial charge on any atom is -0.349 e. The Bertz CT molecular complexity index is 884. The lowest BCUT2D eigenvalue weighted by molar-refractivity contribution is -0.137. The summed E-state index contributed by atoms with van der Waals surface area (Å²) >= 11 is 5.83. The monoisotopic (exact) mass is 379 g/mol. The van der Waals surface area contributed by atoms with E-state index < -0.39 is 11.7 Å². The summed E-state index contributed by atoms with van der Waals surface area (Å²) in [6.07, 6.45) is -3.08. The summed E-state index contributed by atoms with van der Waals surface area (Å²) in [6, 6.07) is 12.1.